The van der Waals surface area contributed by atoms with E-state index in [9.17, 15) is 8.42 Å². The van der Waals surface area contributed by atoms with Gasteiger partial charge >= 0.3 is 0 Å². The third kappa shape index (κ3) is 2.15. The number of nitrogens with two attached hydrogens (primary N) is 2. The van der Waals surface area contributed by atoms with E-state index in [1.54, 1.807) is 13.0 Å². The Labute approximate surface area is 82.7 Å². The second-order valence-electron chi connectivity index (χ2n) is 2.65. The van der Waals surface area contributed by atoms with Crippen LogP contribution in [0.1, 0.15) is 6.92 Å². The Hall–Kier alpha value is -1.27. The van der Waals surface area contributed by atoms with E-state index in [1.165, 1.54) is 12.1 Å². The number of rotatable bonds is 3. The lowest BCUT2D eigenvalue weighted by Crippen LogP contribution is -2.14. The number of ether oxygens (including phenoxy) is 1. The van der Waals surface area contributed by atoms with Crippen molar-refractivity contribution in [3.63, 3.8) is 0 Å². The second kappa shape index (κ2) is 3.85. The van der Waals surface area contributed by atoms with Crippen molar-refractivity contribution in [2.75, 3.05) is 12.3 Å². The number of sulfonamides is 1. The van der Waals surface area contributed by atoms with Gasteiger partial charge in [-0.3, -0.25) is 0 Å². The Kier molecular flexibility index (Phi) is 2.97. The molecule has 0 aliphatic rings. The summed E-state index contributed by atoms with van der Waals surface area (Å²) in [6.07, 6.45) is 0. The minimum absolute atomic E-state index is 0.0526. The predicted molar refractivity (Wildman–Crippen MR) is 53.4 cm³/mol. The van der Waals surface area contributed by atoms with Crippen molar-refractivity contribution in [2.45, 2.75) is 11.8 Å². The highest BCUT2D eigenvalue weighted by Gasteiger charge is 2.14. The van der Waals surface area contributed by atoms with Gasteiger partial charge in [-0.05, 0) is 19.1 Å². The molecule has 0 unspecified atom stereocenters. The number of primary sulfonamides is 1. The quantitative estimate of drug-likeness (QED) is 0.711. The van der Waals surface area contributed by atoms with E-state index < -0.39 is 10.0 Å². The normalized spacial score (nSPS) is 11.3. The van der Waals surface area contributed by atoms with Crippen molar-refractivity contribution in [3.8, 4) is 5.75 Å². The number of hydrogen-bond acceptors (Lipinski definition) is 4. The molecule has 0 aliphatic heterocycles. The molecule has 4 N–H and O–H groups in total. The first-order valence-electron chi connectivity index (χ1n) is 4.01. The molecule has 0 saturated heterocycles. The average Bonchev–Trinajstić information content (AvgIpc) is 2.07. The summed E-state index contributed by atoms with van der Waals surface area (Å²) < 4.78 is 27.2. The van der Waals surface area contributed by atoms with Gasteiger partial charge < -0.3 is 10.5 Å². The van der Waals surface area contributed by atoms with Crippen LogP contribution in [0.3, 0.4) is 0 Å². The lowest BCUT2D eigenvalue weighted by molar-refractivity contribution is 0.341. The maximum Gasteiger partial charge on any atom is 0.240 e. The molecule has 78 valence electrons. The van der Waals surface area contributed by atoms with Gasteiger partial charge in [-0.15, -0.1) is 0 Å². The van der Waals surface area contributed by atoms with Crippen LogP contribution in [0, 0.1) is 0 Å². The lowest BCUT2D eigenvalue weighted by Gasteiger charge is -2.09. The van der Waals surface area contributed by atoms with Crippen molar-refractivity contribution < 1.29 is 13.2 Å². The molecule has 0 heterocycles. The zero-order valence-electron chi connectivity index (χ0n) is 7.73. The van der Waals surface area contributed by atoms with E-state index >= 15 is 0 Å². The first kappa shape index (κ1) is 10.8. The van der Waals surface area contributed by atoms with Gasteiger partial charge in [0.2, 0.25) is 10.0 Å². The van der Waals surface area contributed by atoms with Crippen molar-refractivity contribution in [1.29, 1.82) is 0 Å². The Morgan fingerprint density at radius 3 is 2.57 bits per heavy atom. The maximum absolute atomic E-state index is 11.1. The number of benzene rings is 1. The van der Waals surface area contributed by atoms with Crippen molar-refractivity contribution in [2.24, 2.45) is 5.14 Å². The number of para-hydroxylation sites is 1. The maximum atomic E-state index is 11.1. The number of hydrogen-bond donors (Lipinski definition) is 2. The highest BCUT2D eigenvalue weighted by atomic mass is 32.2. The number of anilines is 1. The fraction of sp³-hybridized carbons (Fsp3) is 0.250. The Morgan fingerprint density at radius 2 is 2.07 bits per heavy atom. The van der Waals surface area contributed by atoms with Gasteiger partial charge in [-0.1, -0.05) is 6.07 Å². The summed E-state index contributed by atoms with van der Waals surface area (Å²) in [6.45, 7) is 2.20. The van der Waals surface area contributed by atoms with E-state index in [4.69, 9.17) is 15.6 Å². The molecule has 5 nitrogen and oxygen atoms in total. The van der Waals surface area contributed by atoms with Gasteiger partial charge in [-0.25, -0.2) is 13.6 Å². The summed E-state index contributed by atoms with van der Waals surface area (Å²) >= 11 is 0. The summed E-state index contributed by atoms with van der Waals surface area (Å²) in [6, 6.07) is 4.46. The average molecular weight is 216 g/mol. The highest BCUT2D eigenvalue weighted by Crippen LogP contribution is 2.27. The smallest absolute Gasteiger partial charge is 0.240 e. The molecular formula is C8H12N2O3S. The van der Waals surface area contributed by atoms with E-state index in [0.29, 0.717) is 12.4 Å². The summed E-state index contributed by atoms with van der Waals surface area (Å²) in [5.41, 5.74) is 5.62. The third-order valence-electron chi connectivity index (χ3n) is 1.63. The van der Waals surface area contributed by atoms with Gasteiger partial charge in [-0.2, -0.15) is 0 Å². The van der Waals surface area contributed by atoms with Crippen LogP contribution in [0.25, 0.3) is 0 Å². The van der Waals surface area contributed by atoms with Crippen LogP contribution in [0.4, 0.5) is 5.69 Å². The summed E-state index contributed by atoms with van der Waals surface area (Å²) in [5.74, 6) is 0.332. The summed E-state index contributed by atoms with van der Waals surface area (Å²) in [4.78, 5) is -0.108. The van der Waals surface area contributed by atoms with Crippen LogP contribution in [-0.2, 0) is 10.0 Å². The molecule has 1 aromatic carbocycles. The topological polar surface area (TPSA) is 95.4 Å². The highest BCUT2D eigenvalue weighted by molar-refractivity contribution is 7.89. The van der Waals surface area contributed by atoms with Crippen molar-refractivity contribution >= 4 is 15.7 Å². The first-order valence-corrected chi connectivity index (χ1v) is 5.55. The SMILES string of the molecule is CCOc1cccc(S(N)(=O)=O)c1N. The molecule has 1 rings (SSSR count). The molecule has 0 fully saturated rings. The molecule has 1 aromatic rings. The molecule has 0 saturated carbocycles. The molecule has 0 bridgehead atoms. The Balaban J connectivity index is 3.28. The van der Waals surface area contributed by atoms with Crippen LogP contribution in [0.15, 0.2) is 23.1 Å². The predicted octanol–water partition coefficient (Wildman–Crippen LogP) is 0.315. The Bertz CT molecular complexity index is 428. The molecule has 0 aromatic heterocycles. The second-order valence-corrected chi connectivity index (χ2v) is 4.18. The van der Waals surface area contributed by atoms with Gasteiger partial charge in [0.25, 0.3) is 0 Å². The van der Waals surface area contributed by atoms with Crippen LogP contribution in [-0.4, -0.2) is 15.0 Å². The molecule has 0 amide bonds. The van der Waals surface area contributed by atoms with Gasteiger partial charge in [0.05, 0.1) is 12.3 Å². The molecule has 0 spiro atoms. The molecule has 14 heavy (non-hydrogen) atoms. The molecule has 0 atom stereocenters. The van der Waals surface area contributed by atoms with Crippen LogP contribution < -0.4 is 15.6 Å². The fourth-order valence-electron chi connectivity index (χ4n) is 1.05. The van der Waals surface area contributed by atoms with E-state index in [-0.39, 0.29) is 10.6 Å². The zero-order valence-corrected chi connectivity index (χ0v) is 8.54. The minimum atomic E-state index is -3.78. The molecular weight excluding hydrogens is 204 g/mol. The number of nitrogen functional groups attached to an aromatic ring is 1. The molecule has 6 heteroatoms. The van der Waals surface area contributed by atoms with Gasteiger partial charge in [0.1, 0.15) is 10.6 Å². The van der Waals surface area contributed by atoms with Gasteiger partial charge in [0, 0.05) is 0 Å². The summed E-state index contributed by atoms with van der Waals surface area (Å²) in [7, 11) is -3.78. The lowest BCUT2D eigenvalue weighted by atomic mass is 10.3. The van der Waals surface area contributed by atoms with E-state index in [0.717, 1.165) is 0 Å². The molecule has 0 radical (unpaired) electrons. The van der Waals surface area contributed by atoms with Crippen LogP contribution >= 0.6 is 0 Å². The first-order chi connectivity index (χ1) is 6.46. The van der Waals surface area contributed by atoms with Crippen LogP contribution in [0.2, 0.25) is 0 Å². The standard InChI is InChI=1S/C8H12N2O3S/c1-2-13-6-4-3-5-7(8(6)9)14(10,11)12/h3-5H,2,9H2,1H3,(H2,10,11,12). The molecule has 0 aliphatic carbocycles. The van der Waals surface area contributed by atoms with Gasteiger partial charge in [0.15, 0.2) is 0 Å². The summed E-state index contributed by atoms with van der Waals surface area (Å²) in [5, 5.41) is 4.96. The van der Waals surface area contributed by atoms with E-state index in [2.05, 4.69) is 0 Å². The van der Waals surface area contributed by atoms with Crippen LogP contribution in [0.5, 0.6) is 5.75 Å². The minimum Gasteiger partial charge on any atom is -0.492 e. The Morgan fingerprint density at radius 1 is 1.43 bits per heavy atom. The third-order valence-corrected chi connectivity index (χ3v) is 2.60. The monoisotopic (exact) mass is 216 g/mol. The largest absolute Gasteiger partial charge is 0.492 e. The van der Waals surface area contributed by atoms with E-state index in [1.807, 2.05) is 0 Å². The fourth-order valence-corrected chi connectivity index (χ4v) is 1.73. The van der Waals surface area contributed by atoms with Crippen molar-refractivity contribution in [1.82, 2.24) is 0 Å². The van der Waals surface area contributed by atoms with Crippen molar-refractivity contribution in [3.05, 3.63) is 18.2 Å². The zero-order chi connectivity index (χ0) is 10.8.